The van der Waals surface area contributed by atoms with Gasteiger partial charge in [0.05, 0.1) is 5.02 Å². The molecular weight excluding hydrogens is 396 g/mol. The molecule has 1 heterocycles. The van der Waals surface area contributed by atoms with Gasteiger partial charge in [-0.2, -0.15) is 4.31 Å². The number of hydrogen-bond donors (Lipinski definition) is 1. The van der Waals surface area contributed by atoms with Crippen LogP contribution in [0.4, 0.5) is 5.69 Å². The monoisotopic (exact) mass is 420 g/mol. The summed E-state index contributed by atoms with van der Waals surface area (Å²) in [4.78, 5) is 12.6. The van der Waals surface area contributed by atoms with E-state index in [9.17, 15) is 13.2 Å². The summed E-state index contributed by atoms with van der Waals surface area (Å²) >= 11 is 6.20. The molecule has 0 aromatic heterocycles. The summed E-state index contributed by atoms with van der Waals surface area (Å²) in [5.41, 5.74) is 2.10. The topological polar surface area (TPSA) is 66.5 Å². The first-order chi connectivity index (χ1) is 13.4. The summed E-state index contributed by atoms with van der Waals surface area (Å²) in [5, 5.41) is 2.94. The molecule has 1 saturated heterocycles. The van der Waals surface area contributed by atoms with Gasteiger partial charge in [0.25, 0.3) is 5.91 Å². The molecule has 5 nitrogen and oxygen atoms in total. The molecule has 1 aliphatic rings. The van der Waals surface area contributed by atoms with Crippen LogP contribution in [0.1, 0.15) is 48.5 Å². The van der Waals surface area contributed by atoms with E-state index in [4.69, 9.17) is 11.6 Å². The number of carbonyl (C=O) groups is 1. The van der Waals surface area contributed by atoms with E-state index in [1.807, 2.05) is 24.3 Å². The fraction of sp³-hybridized carbons (Fsp3) is 0.381. The van der Waals surface area contributed by atoms with Gasteiger partial charge in [-0.1, -0.05) is 43.5 Å². The fourth-order valence-corrected chi connectivity index (χ4v) is 5.31. The molecule has 0 radical (unpaired) electrons. The van der Waals surface area contributed by atoms with Crippen molar-refractivity contribution in [2.45, 2.75) is 43.9 Å². The second kappa shape index (κ2) is 9.07. The number of nitrogens with one attached hydrogen (secondary N) is 1. The summed E-state index contributed by atoms with van der Waals surface area (Å²) in [5.74, 6) is -0.367. The summed E-state index contributed by atoms with van der Waals surface area (Å²) in [7, 11) is -3.73. The quantitative estimate of drug-likeness (QED) is 0.761. The molecular formula is C21H25ClN2O3S. The van der Waals surface area contributed by atoms with Gasteiger partial charge in [-0.3, -0.25) is 4.79 Å². The summed E-state index contributed by atoms with van der Waals surface area (Å²) in [6.45, 7) is 3.03. The van der Waals surface area contributed by atoms with Crippen LogP contribution in [0.5, 0.6) is 0 Å². The minimum atomic E-state index is -3.73. The normalized spacial score (nSPS) is 15.8. The van der Waals surface area contributed by atoms with E-state index in [0.29, 0.717) is 18.8 Å². The van der Waals surface area contributed by atoms with Crippen molar-refractivity contribution in [2.24, 2.45) is 0 Å². The third-order valence-electron chi connectivity index (χ3n) is 5.00. The van der Waals surface area contributed by atoms with Gasteiger partial charge in [0.15, 0.2) is 0 Å². The van der Waals surface area contributed by atoms with Crippen LogP contribution in [0.15, 0.2) is 47.4 Å². The van der Waals surface area contributed by atoms with E-state index in [1.165, 1.54) is 22.0 Å². The predicted molar refractivity (Wildman–Crippen MR) is 112 cm³/mol. The van der Waals surface area contributed by atoms with E-state index >= 15 is 0 Å². The number of nitrogens with zero attached hydrogens (tertiary/aromatic N) is 1. The zero-order valence-electron chi connectivity index (χ0n) is 15.9. The van der Waals surface area contributed by atoms with Crippen molar-refractivity contribution >= 4 is 33.2 Å². The van der Waals surface area contributed by atoms with Crippen molar-refractivity contribution in [1.29, 1.82) is 0 Å². The van der Waals surface area contributed by atoms with Crippen LogP contribution in [-0.4, -0.2) is 31.7 Å². The minimum Gasteiger partial charge on any atom is -0.322 e. The van der Waals surface area contributed by atoms with E-state index in [2.05, 4.69) is 12.2 Å². The Hall–Kier alpha value is -1.89. The Morgan fingerprint density at radius 1 is 1.04 bits per heavy atom. The fourth-order valence-electron chi connectivity index (χ4n) is 3.29. The summed E-state index contributed by atoms with van der Waals surface area (Å²) < 4.78 is 27.6. The molecule has 2 aromatic carbocycles. The van der Waals surface area contributed by atoms with Gasteiger partial charge in [-0.05, 0) is 55.2 Å². The molecule has 0 atom stereocenters. The number of benzene rings is 2. The number of aryl methyl sites for hydroxylation is 1. The first-order valence-corrected chi connectivity index (χ1v) is 11.4. The molecule has 1 N–H and O–H groups in total. The number of halogens is 1. The summed E-state index contributed by atoms with van der Waals surface area (Å²) in [6.07, 6.45) is 4.65. The van der Waals surface area contributed by atoms with Crippen molar-refractivity contribution in [1.82, 2.24) is 4.31 Å². The third kappa shape index (κ3) is 4.74. The van der Waals surface area contributed by atoms with Crippen molar-refractivity contribution in [2.75, 3.05) is 18.4 Å². The molecule has 0 spiro atoms. The van der Waals surface area contributed by atoms with Crippen molar-refractivity contribution < 1.29 is 13.2 Å². The highest BCUT2D eigenvalue weighted by Gasteiger charge is 2.28. The van der Waals surface area contributed by atoms with Gasteiger partial charge in [-0.25, -0.2) is 8.42 Å². The van der Waals surface area contributed by atoms with Crippen LogP contribution in [-0.2, 0) is 16.4 Å². The molecule has 0 unspecified atom stereocenters. The van der Waals surface area contributed by atoms with E-state index < -0.39 is 10.0 Å². The SMILES string of the molecule is CCc1ccc(NC(=O)c2ccc(Cl)c(S(=O)(=O)N3CCCCCC3)c2)cc1. The molecule has 1 amide bonds. The number of sulfonamides is 1. The maximum Gasteiger partial charge on any atom is 0.255 e. The van der Waals surface area contributed by atoms with Crippen LogP contribution < -0.4 is 5.32 Å². The zero-order valence-corrected chi connectivity index (χ0v) is 17.5. The average molecular weight is 421 g/mol. The summed E-state index contributed by atoms with van der Waals surface area (Å²) in [6, 6.07) is 12.0. The molecule has 1 fully saturated rings. The van der Waals surface area contributed by atoms with E-state index in [-0.39, 0.29) is 21.4 Å². The first kappa shape index (κ1) is 20.8. The number of amides is 1. The number of rotatable bonds is 5. The van der Waals surface area contributed by atoms with Crippen LogP contribution in [0.25, 0.3) is 0 Å². The van der Waals surface area contributed by atoms with Crippen molar-refractivity contribution in [3.8, 4) is 0 Å². The Bertz CT molecular complexity index is 935. The Morgan fingerprint density at radius 3 is 2.29 bits per heavy atom. The average Bonchev–Trinajstić information content (AvgIpc) is 2.99. The maximum atomic E-state index is 13.1. The second-order valence-corrected chi connectivity index (χ2v) is 9.28. The molecule has 0 bridgehead atoms. The van der Waals surface area contributed by atoms with Gasteiger partial charge < -0.3 is 5.32 Å². The highest BCUT2D eigenvalue weighted by atomic mass is 35.5. The lowest BCUT2D eigenvalue weighted by atomic mass is 10.1. The van der Waals surface area contributed by atoms with Crippen LogP contribution in [0.2, 0.25) is 5.02 Å². The molecule has 0 aliphatic carbocycles. The van der Waals surface area contributed by atoms with Crippen LogP contribution in [0, 0.1) is 0 Å². The molecule has 3 rings (SSSR count). The Kier molecular flexibility index (Phi) is 6.75. The van der Waals surface area contributed by atoms with Crippen molar-refractivity contribution in [3.63, 3.8) is 0 Å². The lowest BCUT2D eigenvalue weighted by Crippen LogP contribution is -2.32. The lowest BCUT2D eigenvalue weighted by molar-refractivity contribution is 0.102. The van der Waals surface area contributed by atoms with Gasteiger partial charge in [0.1, 0.15) is 4.90 Å². The number of anilines is 1. The Balaban J connectivity index is 1.84. The van der Waals surface area contributed by atoms with Crippen molar-refractivity contribution in [3.05, 3.63) is 58.6 Å². The number of carbonyl (C=O) groups excluding carboxylic acids is 1. The lowest BCUT2D eigenvalue weighted by Gasteiger charge is -2.21. The van der Waals surface area contributed by atoms with Gasteiger partial charge in [-0.15, -0.1) is 0 Å². The predicted octanol–water partition coefficient (Wildman–Crippen LogP) is 4.72. The van der Waals surface area contributed by atoms with Gasteiger partial charge in [0.2, 0.25) is 10.0 Å². The molecule has 150 valence electrons. The van der Waals surface area contributed by atoms with E-state index in [1.54, 1.807) is 6.07 Å². The van der Waals surface area contributed by atoms with Crippen LogP contribution >= 0.6 is 11.6 Å². The van der Waals surface area contributed by atoms with E-state index in [0.717, 1.165) is 32.1 Å². The van der Waals surface area contributed by atoms with Gasteiger partial charge in [0, 0.05) is 24.3 Å². The van der Waals surface area contributed by atoms with Gasteiger partial charge >= 0.3 is 0 Å². The Labute approximate surface area is 171 Å². The number of hydrogen-bond acceptors (Lipinski definition) is 3. The minimum absolute atomic E-state index is 0.00922. The standard InChI is InChI=1S/C21H25ClN2O3S/c1-2-16-7-10-18(11-8-16)23-21(25)17-9-12-19(22)20(15-17)28(26,27)24-13-5-3-4-6-14-24/h7-12,15H,2-6,13-14H2,1H3,(H,23,25). The van der Waals surface area contributed by atoms with Crippen LogP contribution in [0.3, 0.4) is 0 Å². The third-order valence-corrected chi connectivity index (χ3v) is 7.38. The highest BCUT2D eigenvalue weighted by Crippen LogP contribution is 2.28. The smallest absolute Gasteiger partial charge is 0.255 e. The molecule has 28 heavy (non-hydrogen) atoms. The molecule has 7 heteroatoms. The second-order valence-electron chi connectivity index (χ2n) is 6.97. The Morgan fingerprint density at radius 2 is 1.68 bits per heavy atom. The zero-order chi connectivity index (χ0) is 20.1. The molecule has 2 aromatic rings. The molecule has 0 saturated carbocycles. The highest BCUT2D eigenvalue weighted by molar-refractivity contribution is 7.89. The largest absolute Gasteiger partial charge is 0.322 e. The first-order valence-electron chi connectivity index (χ1n) is 9.62. The maximum absolute atomic E-state index is 13.1. The molecule has 1 aliphatic heterocycles.